The normalized spacial score (nSPS) is 10.6. The second-order valence-corrected chi connectivity index (χ2v) is 4.51. The number of ether oxygens (including phenoxy) is 1. The molecule has 0 spiro atoms. The van der Waals surface area contributed by atoms with Crippen molar-refractivity contribution in [1.82, 2.24) is 10.3 Å². The van der Waals surface area contributed by atoms with E-state index in [4.69, 9.17) is 9.15 Å². The number of aryl methyl sites for hydroxylation is 1. The largest absolute Gasteiger partial charge is 0.440 e. The summed E-state index contributed by atoms with van der Waals surface area (Å²) in [5, 5.41) is 2.72. The predicted octanol–water partition coefficient (Wildman–Crippen LogP) is 2.56. The van der Waals surface area contributed by atoms with Crippen LogP contribution in [0.25, 0.3) is 11.5 Å². The van der Waals surface area contributed by atoms with Gasteiger partial charge in [-0.15, -0.1) is 0 Å². The van der Waals surface area contributed by atoms with Crippen LogP contribution in [0.15, 0.2) is 28.7 Å². The van der Waals surface area contributed by atoms with E-state index in [1.165, 1.54) is 6.07 Å². The summed E-state index contributed by atoms with van der Waals surface area (Å²) < 4.78 is 24.0. The van der Waals surface area contributed by atoms with Crippen molar-refractivity contribution in [3.63, 3.8) is 0 Å². The van der Waals surface area contributed by atoms with Gasteiger partial charge in [-0.05, 0) is 25.5 Å². The fourth-order valence-corrected chi connectivity index (χ4v) is 1.86. The monoisotopic (exact) mass is 292 g/mol. The second-order valence-electron chi connectivity index (χ2n) is 4.51. The van der Waals surface area contributed by atoms with E-state index in [9.17, 15) is 9.18 Å². The maximum absolute atomic E-state index is 13.7. The number of aromatic nitrogens is 1. The fraction of sp³-hybridized carbons (Fsp3) is 0.333. The Morgan fingerprint density at radius 2 is 2.19 bits per heavy atom. The summed E-state index contributed by atoms with van der Waals surface area (Å²) in [6, 6.07) is 6.14. The third kappa shape index (κ3) is 3.66. The first kappa shape index (κ1) is 15.2. The number of carbonyl (C=O) groups is 1. The first-order valence-corrected chi connectivity index (χ1v) is 6.63. The highest BCUT2D eigenvalue weighted by Crippen LogP contribution is 2.24. The Morgan fingerprint density at radius 3 is 2.90 bits per heavy atom. The first-order valence-electron chi connectivity index (χ1n) is 6.63. The number of amides is 1. The van der Waals surface area contributed by atoms with Crippen LogP contribution in [0.5, 0.6) is 0 Å². The summed E-state index contributed by atoms with van der Waals surface area (Å²) in [4.78, 5) is 16.1. The van der Waals surface area contributed by atoms with Gasteiger partial charge in [0, 0.05) is 20.3 Å². The molecule has 0 atom stereocenters. The van der Waals surface area contributed by atoms with E-state index in [1.54, 1.807) is 32.2 Å². The molecule has 112 valence electrons. The highest BCUT2D eigenvalue weighted by Gasteiger charge is 2.19. The average Bonchev–Trinajstić information content (AvgIpc) is 2.86. The van der Waals surface area contributed by atoms with E-state index in [0.29, 0.717) is 25.3 Å². The number of methoxy groups -OCH3 is 1. The van der Waals surface area contributed by atoms with Gasteiger partial charge in [-0.3, -0.25) is 4.79 Å². The summed E-state index contributed by atoms with van der Waals surface area (Å²) in [7, 11) is 1.60. The van der Waals surface area contributed by atoms with Gasteiger partial charge in [-0.1, -0.05) is 12.1 Å². The number of hydrogen-bond acceptors (Lipinski definition) is 4. The molecule has 0 bridgehead atoms. The standard InChI is InChI=1S/C15H17FN2O3/c1-10-13(14(19)17-8-5-9-20-2)18-15(21-10)11-6-3-4-7-12(11)16/h3-4,6-7H,5,8-9H2,1-2H3,(H,17,19). The van der Waals surface area contributed by atoms with Crippen LogP contribution in [-0.2, 0) is 4.74 Å². The second kappa shape index (κ2) is 6.99. The zero-order valence-corrected chi connectivity index (χ0v) is 12.0. The predicted molar refractivity (Wildman–Crippen MR) is 75.5 cm³/mol. The van der Waals surface area contributed by atoms with E-state index in [-0.39, 0.29) is 23.1 Å². The summed E-state index contributed by atoms with van der Waals surface area (Å²) >= 11 is 0. The molecule has 0 saturated heterocycles. The molecule has 1 aromatic heterocycles. The third-order valence-corrected chi connectivity index (χ3v) is 2.93. The number of nitrogens with zero attached hydrogens (tertiary/aromatic N) is 1. The SMILES string of the molecule is COCCCNC(=O)c1nc(-c2ccccc2F)oc1C. The Kier molecular flexibility index (Phi) is 5.05. The van der Waals surface area contributed by atoms with Crippen LogP contribution >= 0.6 is 0 Å². The quantitative estimate of drug-likeness (QED) is 0.831. The summed E-state index contributed by atoms with van der Waals surface area (Å²) in [5.41, 5.74) is 0.407. The Labute approximate surface area is 122 Å². The van der Waals surface area contributed by atoms with Gasteiger partial charge in [0.2, 0.25) is 5.89 Å². The molecule has 0 aliphatic heterocycles. The molecular weight excluding hydrogens is 275 g/mol. The number of benzene rings is 1. The molecule has 0 saturated carbocycles. The van der Waals surface area contributed by atoms with Crippen LogP contribution in [0.2, 0.25) is 0 Å². The van der Waals surface area contributed by atoms with Crippen molar-refractivity contribution in [2.24, 2.45) is 0 Å². The third-order valence-electron chi connectivity index (χ3n) is 2.93. The number of hydrogen-bond donors (Lipinski definition) is 1. The van der Waals surface area contributed by atoms with E-state index < -0.39 is 5.82 Å². The molecule has 0 aliphatic rings. The lowest BCUT2D eigenvalue weighted by Gasteiger charge is -2.02. The van der Waals surface area contributed by atoms with Gasteiger partial charge in [-0.2, -0.15) is 0 Å². The zero-order valence-electron chi connectivity index (χ0n) is 12.0. The maximum atomic E-state index is 13.7. The summed E-state index contributed by atoms with van der Waals surface area (Å²) in [6.45, 7) is 2.67. The lowest BCUT2D eigenvalue weighted by Crippen LogP contribution is -2.26. The minimum absolute atomic E-state index is 0.104. The molecule has 21 heavy (non-hydrogen) atoms. The van der Waals surface area contributed by atoms with Crippen LogP contribution in [0, 0.1) is 12.7 Å². The van der Waals surface area contributed by atoms with Crippen LogP contribution in [0.1, 0.15) is 22.7 Å². The maximum Gasteiger partial charge on any atom is 0.273 e. The van der Waals surface area contributed by atoms with Gasteiger partial charge in [0.25, 0.3) is 5.91 Å². The lowest BCUT2D eigenvalue weighted by atomic mass is 10.2. The molecule has 0 aliphatic carbocycles. The molecule has 1 amide bonds. The smallest absolute Gasteiger partial charge is 0.273 e. The summed E-state index contributed by atoms with van der Waals surface area (Å²) in [5.74, 6) is -0.314. The molecule has 0 fully saturated rings. The first-order chi connectivity index (χ1) is 10.1. The molecule has 1 aromatic carbocycles. The van der Waals surface area contributed by atoms with E-state index in [0.717, 1.165) is 0 Å². The van der Waals surface area contributed by atoms with Gasteiger partial charge in [-0.25, -0.2) is 9.37 Å². The molecule has 1 N–H and O–H groups in total. The average molecular weight is 292 g/mol. The minimum atomic E-state index is -0.439. The topological polar surface area (TPSA) is 64.4 Å². The molecule has 0 unspecified atom stereocenters. The minimum Gasteiger partial charge on any atom is -0.440 e. The lowest BCUT2D eigenvalue weighted by molar-refractivity contribution is 0.0942. The van der Waals surface area contributed by atoms with E-state index in [1.807, 2.05) is 0 Å². The molecule has 1 heterocycles. The molecular formula is C15H17FN2O3. The van der Waals surface area contributed by atoms with Crippen molar-refractivity contribution in [3.8, 4) is 11.5 Å². The van der Waals surface area contributed by atoms with E-state index in [2.05, 4.69) is 10.3 Å². The number of rotatable bonds is 6. The number of carbonyl (C=O) groups excluding carboxylic acids is 1. The van der Waals surface area contributed by atoms with Crippen LogP contribution < -0.4 is 5.32 Å². The zero-order chi connectivity index (χ0) is 15.2. The van der Waals surface area contributed by atoms with Gasteiger partial charge in [0.05, 0.1) is 5.56 Å². The van der Waals surface area contributed by atoms with Gasteiger partial charge in [0.15, 0.2) is 5.69 Å². The van der Waals surface area contributed by atoms with Gasteiger partial charge in [0.1, 0.15) is 11.6 Å². The van der Waals surface area contributed by atoms with Crippen LogP contribution in [0.3, 0.4) is 0 Å². The molecule has 0 radical (unpaired) electrons. The Balaban J connectivity index is 2.12. The van der Waals surface area contributed by atoms with Crippen molar-refractivity contribution in [2.75, 3.05) is 20.3 Å². The van der Waals surface area contributed by atoms with E-state index >= 15 is 0 Å². The summed E-state index contributed by atoms with van der Waals surface area (Å²) in [6.07, 6.45) is 0.708. The Bertz CT molecular complexity index is 625. The van der Waals surface area contributed by atoms with Crippen molar-refractivity contribution >= 4 is 5.91 Å². The fourth-order valence-electron chi connectivity index (χ4n) is 1.86. The number of nitrogens with one attached hydrogen (secondary N) is 1. The molecule has 2 rings (SSSR count). The van der Waals surface area contributed by atoms with Gasteiger partial charge < -0.3 is 14.5 Å². The van der Waals surface area contributed by atoms with Crippen molar-refractivity contribution < 1.29 is 18.3 Å². The molecule has 6 heteroatoms. The van der Waals surface area contributed by atoms with Gasteiger partial charge >= 0.3 is 0 Å². The Hall–Kier alpha value is -2.21. The molecule has 2 aromatic rings. The number of oxazole rings is 1. The van der Waals surface area contributed by atoms with Crippen LogP contribution in [0.4, 0.5) is 4.39 Å². The van der Waals surface area contributed by atoms with Crippen LogP contribution in [-0.4, -0.2) is 31.2 Å². The van der Waals surface area contributed by atoms with Crippen molar-refractivity contribution in [1.29, 1.82) is 0 Å². The number of halogens is 1. The van der Waals surface area contributed by atoms with Crippen molar-refractivity contribution in [2.45, 2.75) is 13.3 Å². The van der Waals surface area contributed by atoms with Crippen molar-refractivity contribution in [3.05, 3.63) is 41.5 Å². The Morgan fingerprint density at radius 1 is 1.43 bits per heavy atom. The molecule has 5 nitrogen and oxygen atoms in total. The highest BCUT2D eigenvalue weighted by molar-refractivity contribution is 5.93. The highest BCUT2D eigenvalue weighted by atomic mass is 19.1.